The highest BCUT2D eigenvalue weighted by Crippen LogP contribution is 2.31. The molecule has 0 aromatic carbocycles. The predicted octanol–water partition coefficient (Wildman–Crippen LogP) is 1.83. The van der Waals surface area contributed by atoms with Crippen LogP contribution in [0.5, 0.6) is 0 Å². The van der Waals surface area contributed by atoms with Crippen LogP contribution in [-0.2, 0) is 0 Å². The molecule has 0 spiro atoms. The Morgan fingerprint density at radius 1 is 1.29 bits per heavy atom. The molecule has 0 amide bonds. The lowest BCUT2D eigenvalue weighted by molar-refractivity contribution is 0.631. The third-order valence-corrected chi connectivity index (χ3v) is 4.28. The molecule has 0 radical (unpaired) electrons. The van der Waals surface area contributed by atoms with E-state index >= 15 is 0 Å². The van der Waals surface area contributed by atoms with Gasteiger partial charge in [0.1, 0.15) is 0 Å². The molecule has 1 fully saturated rings. The maximum atomic E-state index is 5.79. The van der Waals surface area contributed by atoms with Crippen molar-refractivity contribution < 1.29 is 0 Å². The molecule has 0 bridgehead atoms. The maximum Gasteiger partial charge on any atom is 0.231 e. The average molecular weight is 274 g/mol. The van der Waals surface area contributed by atoms with E-state index in [-0.39, 0.29) is 11.2 Å². The SMILES string of the molecule is CC1(C)CCN(c2nc(N)nc(Cl)n2)CCS1. The lowest BCUT2D eigenvalue weighted by Gasteiger charge is -2.22. The Kier molecular flexibility index (Phi) is 3.63. The minimum atomic E-state index is 0.156. The van der Waals surface area contributed by atoms with E-state index in [4.69, 9.17) is 17.3 Å². The third kappa shape index (κ3) is 3.35. The molecule has 0 saturated carbocycles. The van der Waals surface area contributed by atoms with Crippen LogP contribution in [0.25, 0.3) is 0 Å². The molecule has 0 unspecified atom stereocenters. The van der Waals surface area contributed by atoms with Crippen LogP contribution in [0, 0.1) is 0 Å². The van der Waals surface area contributed by atoms with Gasteiger partial charge in [0.25, 0.3) is 0 Å². The monoisotopic (exact) mass is 273 g/mol. The minimum Gasteiger partial charge on any atom is -0.368 e. The lowest BCUT2D eigenvalue weighted by atomic mass is 10.1. The molecule has 17 heavy (non-hydrogen) atoms. The number of nitrogens with zero attached hydrogens (tertiary/aromatic N) is 4. The highest BCUT2D eigenvalue weighted by atomic mass is 35.5. The van der Waals surface area contributed by atoms with Gasteiger partial charge >= 0.3 is 0 Å². The number of halogens is 1. The molecule has 1 aromatic heterocycles. The first-order valence-corrected chi connectivity index (χ1v) is 6.89. The van der Waals surface area contributed by atoms with Crippen LogP contribution in [0.2, 0.25) is 5.28 Å². The smallest absolute Gasteiger partial charge is 0.231 e. The summed E-state index contributed by atoms with van der Waals surface area (Å²) in [5, 5.41) is 0.156. The molecule has 0 aliphatic carbocycles. The van der Waals surface area contributed by atoms with Gasteiger partial charge in [0, 0.05) is 23.6 Å². The summed E-state index contributed by atoms with van der Waals surface area (Å²) in [4.78, 5) is 14.1. The number of aromatic nitrogens is 3. The molecular formula is C10H16ClN5S. The van der Waals surface area contributed by atoms with Gasteiger partial charge in [0.05, 0.1) is 0 Å². The van der Waals surface area contributed by atoms with Gasteiger partial charge in [-0.05, 0) is 18.0 Å². The quantitative estimate of drug-likeness (QED) is 0.842. The minimum absolute atomic E-state index is 0.156. The van der Waals surface area contributed by atoms with Crippen molar-refractivity contribution in [2.45, 2.75) is 25.0 Å². The second-order valence-corrected chi connectivity index (χ2v) is 6.75. The molecule has 5 nitrogen and oxygen atoms in total. The van der Waals surface area contributed by atoms with Crippen molar-refractivity contribution in [1.29, 1.82) is 0 Å². The van der Waals surface area contributed by atoms with Crippen LogP contribution in [0.15, 0.2) is 0 Å². The molecule has 1 aliphatic heterocycles. The Hall–Kier alpha value is -0.750. The van der Waals surface area contributed by atoms with Crippen LogP contribution in [0.4, 0.5) is 11.9 Å². The third-order valence-electron chi connectivity index (χ3n) is 2.73. The van der Waals surface area contributed by atoms with Crippen LogP contribution in [0.3, 0.4) is 0 Å². The van der Waals surface area contributed by atoms with E-state index in [0.29, 0.717) is 10.7 Å². The van der Waals surface area contributed by atoms with Crippen molar-refractivity contribution in [3.8, 4) is 0 Å². The van der Waals surface area contributed by atoms with Crippen LogP contribution < -0.4 is 10.6 Å². The molecule has 1 aliphatic rings. The maximum absolute atomic E-state index is 5.79. The molecular weight excluding hydrogens is 258 g/mol. The van der Waals surface area contributed by atoms with Crippen molar-refractivity contribution in [3.05, 3.63) is 5.28 Å². The molecule has 7 heteroatoms. The summed E-state index contributed by atoms with van der Waals surface area (Å²) in [6.45, 7) is 6.35. The Morgan fingerprint density at radius 2 is 2.06 bits per heavy atom. The summed E-state index contributed by atoms with van der Waals surface area (Å²) >= 11 is 7.76. The van der Waals surface area contributed by atoms with Gasteiger partial charge in [0.2, 0.25) is 17.2 Å². The fraction of sp³-hybridized carbons (Fsp3) is 0.700. The molecule has 2 heterocycles. The summed E-state index contributed by atoms with van der Waals surface area (Å²) in [5.74, 6) is 1.81. The number of hydrogen-bond acceptors (Lipinski definition) is 6. The lowest BCUT2D eigenvalue weighted by Crippen LogP contribution is -2.29. The Balaban J connectivity index is 2.17. The van der Waals surface area contributed by atoms with Crippen molar-refractivity contribution >= 4 is 35.3 Å². The predicted molar refractivity (Wildman–Crippen MR) is 72.6 cm³/mol. The number of rotatable bonds is 1. The fourth-order valence-corrected chi connectivity index (χ4v) is 2.98. The number of hydrogen-bond donors (Lipinski definition) is 1. The van der Waals surface area contributed by atoms with E-state index in [2.05, 4.69) is 33.7 Å². The fourth-order valence-electron chi connectivity index (χ4n) is 1.72. The molecule has 0 atom stereocenters. The topological polar surface area (TPSA) is 67.9 Å². The zero-order valence-electron chi connectivity index (χ0n) is 9.98. The second-order valence-electron chi connectivity index (χ2n) is 4.61. The van der Waals surface area contributed by atoms with Crippen molar-refractivity contribution in [2.75, 3.05) is 29.5 Å². The number of thioether (sulfide) groups is 1. The first-order valence-electron chi connectivity index (χ1n) is 5.52. The standard InChI is InChI=1S/C10H16ClN5S/c1-10(2)3-4-16(5-6-17-10)9-14-7(11)13-8(12)15-9/h3-6H2,1-2H3,(H2,12,13,14,15). The molecule has 1 aromatic rings. The van der Waals surface area contributed by atoms with E-state index in [1.54, 1.807) is 0 Å². The number of anilines is 2. The van der Waals surface area contributed by atoms with Crippen LogP contribution >= 0.6 is 23.4 Å². The Bertz CT molecular complexity index is 391. The molecule has 94 valence electrons. The van der Waals surface area contributed by atoms with Crippen molar-refractivity contribution in [2.24, 2.45) is 0 Å². The molecule has 2 rings (SSSR count). The summed E-state index contributed by atoms with van der Waals surface area (Å²) in [7, 11) is 0. The average Bonchev–Trinajstić information content (AvgIpc) is 2.38. The van der Waals surface area contributed by atoms with Gasteiger partial charge in [-0.2, -0.15) is 26.7 Å². The zero-order chi connectivity index (χ0) is 12.5. The van der Waals surface area contributed by atoms with Gasteiger partial charge in [-0.15, -0.1) is 0 Å². The summed E-state index contributed by atoms with van der Waals surface area (Å²) in [5.41, 5.74) is 5.58. The van der Waals surface area contributed by atoms with E-state index in [1.807, 2.05) is 11.8 Å². The highest BCUT2D eigenvalue weighted by molar-refractivity contribution is 8.00. The van der Waals surface area contributed by atoms with E-state index in [1.165, 1.54) is 0 Å². The van der Waals surface area contributed by atoms with Gasteiger partial charge < -0.3 is 10.6 Å². The van der Waals surface area contributed by atoms with Gasteiger partial charge in [-0.1, -0.05) is 13.8 Å². The van der Waals surface area contributed by atoms with E-state index in [0.717, 1.165) is 25.3 Å². The Labute approximate surface area is 110 Å². The van der Waals surface area contributed by atoms with Crippen LogP contribution in [0.1, 0.15) is 20.3 Å². The molecule has 2 N–H and O–H groups in total. The first-order chi connectivity index (χ1) is 7.96. The van der Waals surface area contributed by atoms with Gasteiger partial charge in [-0.25, -0.2) is 0 Å². The highest BCUT2D eigenvalue weighted by Gasteiger charge is 2.25. The largest absolute Gasteiger partial charge is 0.368 e. The Morgan fingerprint density at radius 3 is 2.76 bits per heavy atom. The number of nitrogens with two attached hydrogens (primary N) is 1. The van der Waals surface area contributed by atoms with Crippen molar-refractivity contribution in [3.63, 3.8) is 0 Å². The second kappa shape index (κ2) is 4.86. The summed E-state index contributed by atoms with van der Waals surface area (Å²) in [6, 6.07) is 0. The first kappa shape index (κ1) is 12.7. The van der Waals surface area contributed by atoms with E-state index < -0.39 is 0 Å². The zero-order valence-corrected chi connectivity index (χ0v) is 11.6. The summed E-state index contributed by atoms with van der Waals surface area (Å²) < 4.78 is 0.303. The van der Waals surface area contributed by atoms with E-state index in [9.17, 15) is 0 Å². The van der Waals surface area contributed by atoms with Gasteiger partial charge in [0.15, 0.2) is 0 Å². The van der Waals surface area contributed by atoms with Gasteiger partial charge in [-0.3, -0.25) is 0 Å². The number of nitrogen functional groups attached to an aromatic ring is 1. The van der Waals surface area contributed by atoms with Crippen molar-refractivity contribution in [1.82, 2.24) is 15.0 Å². The summed E-state index contributed by atoms with van der Waals surface area (Å²) in [6.07, 6.45) is 1.08. The van der Waals surface area contributed by atoms with Crippen LogP contribution in [-0.4, -0.2) is 38.5 Å². The normalized spacial score (nSPS) is 20.1. The molecule has 1 saturated heterocycles.